The molecule has 98 valence electrons. The highest BCUT2D eigenvalue weighted by molar-refractivity contribution is 5.78. The number of esters is 1. The molecule has 1 unspecified atom stereocenters. The second-order valence-corrected chi connectivity index (χ2v) is 5.13. The molecule has 2 N–H and O–H groups in total. The van der Waals surface area contributed by atoms with Crippen molar-refractivity contribution >= 4 is 11.7 Å². The molecule has 2 rings (SSSR count). The largest absolute Gasteiger partial charge is 0.469 e. The fourth-order valence-corrected chi connectivity index (χ4v) is 2.87. The average molecular weight is 247 g/mol. The van der Waals surface area contributed by atoms with Crippen LogP contribution in [0.4, 0.5) is 5.69 Å². The van der Waals surface area contributed by atoms with Crippen molar-refractivity contribution < 1.29 is 9.53 Å². The molecule has 1 aromatic carbocycles. The third-order valence-electron chi connectivity index (χ3n) is 3.84. The van der Waals surface area contributed by atoms with E-state index in [1.54, 1.807) is 0 Å². The summed E-state index contributed by atoms with van der Waals surface area (Å²) in [6.07, 6.45) is 5.92. The average Bonchev–Trinajstić information content (AvgIpc) is 2.88. The van der Waals surface area contributed by atoms with Crippen LogP contribution in [0.5, 0.6) is 0 Å². The lowest BCUT2D eigenvalue weighted by Crippen LogP contribution is -2.17. The monoisotopic (exact) mass is 247 g/mol. The van der Waals surface area contributed by atoms with Crippen molar-refractivity contribution in [2.24, 2.45) is 5.92 Å². The second-order valence-electron chi connectivity index (χ2n) is 5.13. The molecule has 1 fully saturated rings. The minimum Gasteiger partial charge on any atom is -0.469 e. The van der Waals surface area contributed by atoms with E-state index in [0.29, 0.717) is 11.6 Å². The molecule has 0 aromatic heterocycles. The Balaban J connectivity index is 2.16. The third kappa shape index (κ3) is 3.03. The van der Waals surface area contributed by atoms with Crippen LogP contribution in [0, 0.1) is 5.92 Å². The number of ether oxygens (including phenoxy) is 1. The number of rotatable bonds is 4. The number of benzene rings is 1. The van der Waals surface area contributed by atoms with E-state index in [9.17, 15) is 4.79 Å². The summed E-state index contributed by atoms with van der Waals surface area (Å²) in [5.41, 5.74) is 7.48. The smallest absolute Gasteiger partial charge is 0.313 e. The Hall–Kier alpha value is -1.51. The highest BCUT2D eigenvalue weighted by Gasteiger charge is 2.27. The van der Waals surface area contributed by atoms with Crippen LogP contribution < -0.4 is 5.73 Å². The summed E-state index contributed by atoms with van der Waals surface area (Å²) in [6, 6.07) is 7.59. The fraction of sp³-hybridized carbons (Fsp3) is 0.533. The van der Waals surface area contributed by atoms with Crippen molar-refractivity contribution in [2.45, 2.75) is 38.0 Å². The first kappa shape index (κ1) is 12.9. The molecule has 0 spiro atoms. The molecule has 0 bridgehead atoms. The lowest BCUT2D eigenvalue weighted by molar-refractivity contribution is -0.142. The molecule has 0 heterocycles. The van der Waals surface area contributed by atoms with Gasteiger partial charge in [-0.3, -0.25) is 4.79 Å². The molecular formula is C15H21NO2. The van der Waals surface area contributed by atoms with Crippen molar-refractivity contribution in [2.75, 3.05) is 12.8 Å². The van der Waals surface area contributed by atoms with Gasteiger partial charge in [-0.1, -0.05) is 37.8 Å². The number of hydrogen-bond acceptors (Lipinski definition) is 3. The predicted molar refractivity (Wildman–Crippen MR) is 72.2 cm³/mol. The molecule has 1 aliphatic carbocycles. The minimum absolute atomic E-state index is 0.146. The highest BCUT2D eigenvalue weighted by atomic mass is 16.5. The van der Waals surface area contributed by atoms with Crippen LogP contribution in [0.25, 0.3) is 0 Å². The number of nitrogen functional groups attached to an aromatic ring is 1. The molecule has 0 saturated heterocycles. The summed E-state index contributed by atoms with van der Waals surface area (Å²) in [6.45, 7) is 0. The van der Waals surface area contributed by atoms with E-state index in [0.717, 1.165) is 12.0 Å². The molecule has 1 saturated carbocycles. The van der Waals surface area contributed by atoms with Crippen molar-refractivity contribution in [3.05, 3.63) is 29.8 Å². The number of carbonyl (C=O) groups is 1. The standard InChI is InChI=1S/C15H21NO2/c1-18-15(17)14(9-11-5-2-3-6-11)12-7-4-8-13(16)10-12/h4,7-8,10-11,14H,2-3,5-6,9,16H2,1H3. The number of carbonyl (C=O) groups excluding carboxylic acids is 1. The van der Waals surface area contributed by atoms with Crippen molar-refractivity contribution in [1.82, 2.24) is 0 Å². The van der Waals surface area contributed by atoms with Gasteiger partial charge in [-0.05, 0) is 30.0 Å². The van der Waals surface area contributed by atoms with Gasteiger partial charge in [0.15, 0.2) is 0 Å². The normalized spacial score (nSPS) is 17.6. The summed E-state index contributed by atoms with van der Waals surface area (Å²) in [7, 11) is 1.45. The van der Waals surface area contributed by atoms with Crippen LogP contribution in [0.15, 0.2) is 24.3 Å². The molecular weight excluding hydrogens is 226 g/mol. The zero-order valence-corrected chi connectivity index (χ0v) is 10.9. The first-order valence-corrected chi connectivity index (χ1v) is 6.64. The minimum atomic E-state index is -0.165. The Morgan fingerprint density at radius 3 is 2.78 bits per heavy atom. The van der Waals surface area contributed by atoms with Gasteiger partial charge in [-0.25, -0.2) is 0 Å². The van der Waals surface area contributed by atoms with E-state index < -0.39 is 0 Å². The lowest BCUT2D eigenvalue weighted by Gasteiger charge is -2.19. The lowest BCUT2D eigenvalue weighted by atomic mass is 9.88. The van der Waals surface area contributed by atoms with Gasteiger partial charge in [0.25, 0.3) is 0 Å². The predicted octanol–water partition coefficient (Wildman–Crippen LogP) is 3.11. The first-order valence-electron chi connectivity index (χ1n) is 6.64. The maximum atomic E-state index is 11.9. The van der Waals surface area contributed by atoms with Crippen LogP contribution >= 0.6 is 0 Å². The second kappa shape index (κ2) is 5.89. The van der Waals surface area contributed by atoms with E-state index in [-0.39, 0.29) is 11.9 Å². The fourth-order valence-electron chi connectivity index (χ4n) is 2.87. The van der Waals surface area contributed by atoms with Crippen LogP contribution in [0.3, 0.4) is 0 Å². The zero-order chi connectivity index (χ0) is 13.0. The summed E-state index contributed by atoms with van der Waals surface area (Å²) in [4.78, 5) is 11.9. The summed E-state index contributed by atoms with van der Waals surface area (Å²) in [5.74, 6) is 0.338. The van der Waals surface area contributed by atoms with Crippen LogP contribution in [-0.4, -0.2) is 13.1 Å². The summed E-state index contributed by atoms with van der Waals surface area (Å²) in [5, 5.41) is 0. The van der Waals surface area contributed by atoms with Gasteiger partial charge >= 0.3 is 5.97 Å². The van der Waals surface area contributed by atoms with E-state index in [1.807, 2.05) is 24.3 Å². The Morgan fingerprint density at radius 2 is 2.17 bits per heavy atom. The molecule has 3 heteroatoms. The van der Waals surface area contributed by atoms with E-state index in [2.05, 4.69) is 0 Å². The van der Waals surface area contributed by atoms with Gasteiger partial charge in [0.05, 0.1) is 13.0 Å². The Kier molecular flexibility index (Phi) is 4.24. The maximum absolute atomic E-state index is 11.9. The van der Waals surface area contributed by atoms with Crippen molar-refractivity contribution in [3.8, 4) is 0 Å². The molecule has 0 radical (unpaired) electrons. The first-order chi connectivity index (χ1) is 8.70. The summed E-state index contributed by atoms with van der Waals surface area (Å²) < 4.78 is 4.94. The Morgan fingerprint density at radius 1 is 1.44 bits per heavy atom. The van der Waals surface area contributed by atoms with E-state index >= 15 is 0 Å². The number of methoxy groups -OCH3 is 1. The van der Waals surface area contributed by atoms with Gasteiger partial charge < -0.3 is 10.5 Å². The number of anilines is 1. The van der Waals surface area contributed by atoms with Gasteiger partial charge in [0.2, 0.25) is 0 Å². The topological polar surface area (TPSA) is 52.3 Å². The highest BCUT2D eigenvalue weighted by Crippen LogP contribution is 2.35. The van der Waals surface area contributed by atoms with Gasteiger partial charge in [-0.15, -0.1) is 0 Å². The van der Waals surface area contributed by atoms with Crippen LogP contribution in [0.1, 0.15) is 43.6 Å². The molecule has 18 heavy (non-hydrogen) atoms. The maximum Gasteiger partial charge on any atom is 0.313 e. The summed E-state index contributed by atoms with van der Waals surface area (Å²) >= 11 is 0. The Labute approximate surface area is 108 Å². The van der Waals surface area contributed by atoms with Gasteiger partial charge in [0, 0.05) is 5.69 Å². The van der Waals surface area contributed by atoms with Gasteiger partial charge in [0.1, 0.15) is 0 Å². The van der Waals surface area contributed by atoms with E-state index in [4.69, 9.17) is 10.5 Å². The SMILES string of the molecule is COC(=O)C(CC1CCCC1)c1cccc(N)c1. The molecule has 1 atom stereocenters. The zero-order valence-electron chi connectivity index (χ0n) is 10.9. The quantitative estimate of drug-likeness (QED) is 0.657. The number of nitrogens with two attached hydrogens (primary N) is 1. The van der Waals surface area contributed by atoms with Crippen LogP contribution in [-0.2, 0) is 9.53 Å². The van der Waals surface area contributed by atoms with Crippen molar-refractivity contribution in [1.29, 1.82) is 0 Å². The van der Waals surface area contributed by atoms with E-state index in [1.165, 1.54) is 32.8 Å². The van der Waals surface area contributed by atoms with Gasteiger partial charge in [-0.2, -0.15) is 0 Å². The molecule has 0 aliphatic heterocycles. The van der Waals surface area contributed by atoms with Crippen LogP contribution in [0.2, 0.25) is 0 Å². The molecule has 3 nitrogen and oxygen atoms in total. The molecule has 1 aliphatic rings. The molecule has 0 amide bonds. The Bertz CT molecular complexity index is 411. The molecule has 1 aromatic rings. The van der Waals surface area contributed by atoms with Crippen molar-refractivity contribution in [3.63, 3.8) is 0 Å². The third-order valence-corrected chi connectivity index (χ3v) is 3.84. The number of hydrogen-bond donors (Lipinski definition) is 1.